The molecule has 0 bridgehead atoms. The van der Waals surface area contributed by atoms with Crippen LogP contribution in [-0.4, -0.2) is 20.9 Å². The number of primary sulfonamides is 1. The molecule has 8 heteroatoms. The topological polar surface area (TPSA) is 98.5 Å². The average molecular weight is 355 g/mol. The van der Waals surface area contributed by atoms with E-state index in [9.17, 15) is 13.2 Å². The minimum Gasteiger partial charge on any atom is -0.492 e. The number of halogens is 1. The highest BCUT2D eigenvalue weighted by atomic mass is 35.5. The van der Waals surface area contributed by atoms with E-state index in [1.807, 2.05) is 0 Å². The third-order valence-electron chi connectivity index (χ3n) is 2.93. The van der Waals surface area contributed by atoms with E-state index < -0.39 is 15.9 Å². The Balaban J connectivity index is 2.36. The van der Waals surface area contributed by atoms with Gasteiger partial charge >= 0.3 is 0 Å². The Hall–Kier alpha value is -2.09. The minimum absolute atomic E-state index is 0.118. The summed E-state index contributed by atoms with van der Waals surface area (Å²) in [7, 11) is -3.89. The molecule has 0 aliphatic heterocycles. The molecule has 0 aliphatic carbocycles. The van der Waals surface area contributed by atoms with E-state index in [1.165, 1.54) is 18.2 Å². The highest BCUT2D eigenvalue weighted by molar-refractivity contribution is 7.89. The van der Waals surface area contributed by atoms with Crippen LogP contribution in [0.1, 0.15) is 17.3 Å². The molecule has 0 saturated heterocycles. The molecule has 2 aromatic rings. The fraction of sp³-hybridized carbons (Fsp3) is 0.133. The minimum atomic E-state index is -3.89. The van der Waals surface area contributed by atoms with Crippen molar-refractivity contribution in [2.45, 2.75) is 11.8 Å². The first-order valence-corrected chi connectivity index (χ1v) is 8.60. The molecule has 0 unspecified atom stereocenters. The Labute approximate surface area is 139 Å². The third kappa shape index (κ3) is 4.44. The first-order valence-electron chi connectivity index (χ1n) is 6.68. The monoisotopic (exact) mass is 354 g/mol. The molecule has 0 aliphatic rings. The number of carbonyl (C=O) groups is 1. The van der Waals surface area contributed by atoms with Crippen LogP contribution in [0.5, 0.6) is 5.75 Å². The maximum Gasteiger partial charge on any atom is 0.255 e. The summed E-state index contributed by atoms with van der Waals surface area (Å²) in [6, 6.07) is 10.3. The van der Waals surface area contributed by atoms with Crippen LogP contribution in [0.4, 0.5) is 5.69 Å². The summed E-state index contributed by atoms with van der Waals surface area (Å²) in [4.78, 5) is 12.1. The Morgan fingerprint density at radius 2 is 1.87 bits per heavy atom. The number of rotatable bonds is 5. The predicted octanol–water partition coefficient (Wildman–Crippen LogP) is 2.64. The molecule has 0 saturated carbocycles. The van der Waals surface area contributed by atoms with Crippen LogP contribution in [-0.2, 0) is 10.0 Å². The summed E-state index contributed by atoms with van der Waals surface area (Å²) in [5, 5.41) is 8.24. The molecule has 1 amide bonds. The lowest BCUT2D eigenvalue weighted by molar-refractivity contribution is 0.102. The number of nitrogens with one attached hydrogen (secondary N) is 1. The number of hydrogen-bond acceptors (Lipinski definition) is 4. The van der Waals surface area contributed by atoms with Crippen molar-refractivity contribution in [1.82, 2.24) is 0 Å². The summed E-state index contributed by atoms with van der Waals surface area (Å²) in [5.41, 5.74) is 0.594. The standard InChI is InChI=1S/C15H15ClN2O4S/c1-2-22-14-8-7-12(23(17,20)21)9-13(14)18-15(19)10-3-5-11(16)6-4-10/h3-9H,2H2,1H3,(H,18,19)(H2,17,20,21). The lowest BCUT2D eigenvalue weighted by atomic mass is 10.2. The van der Waals surface area contributed by atoms with Crippen molar-refractivity contribution in [2.24, 2.45) is 5.14 Å². The Morgan fingerprint density at radius 3 is 2.43 bits per heavy atom. The van der Waals surface area contributed by atoms with Gasteiger partial charge in [-0.05, 0) is 49.4 Å². The zero-order valence-corrected chi connectivity index (χ0v) is 13.8. The van der Waals surface area contributed by atoms with Crippen molar-refractivity contribution in [1.29, 1.82) is 0 Å². The molecule has 2 aromatic carbocycles. The van der Waals surface area contributed by atoms with Crippen molar-refractivity contribution in [2.75, 3.05) is 11.9 Å². The van der Waals surface area contributed by atoms with Gasteiger partial charge in [-0.3, -0.25) is 4.79 Å². The van der Waals surface area contributed by atoms with Crippen molar-refractivity contribution >= 4 is 33.2 Å². The quantitative estimate of drug-likeness (QED) is 0.862. The van der Waals surface area contributed by atoms with Gasteiger partial charge in [0.25, 0.3) is 5.91 Å². The van der Waals surface area contributed by atoms with Crippen LogP contribution in [0.25, 0.3) is 0 Å². The number of carbonyl (C=O) groups excluding carboxylic acids is 1. The number of amides is 1. The molecule has 2 rings (SSSR count). The van der Waals surface area contributed by atoms with Gasteiger partial charge in [0.15, 0.2) is 0 Å². The van der Waals surface area contributed by atoms with E-state index in [2.05, 4.69) is 5.32 Å². The normalized spacial score (nSPS) is 11.1. The van der Waals surface area contributed by atoms with Crippen LogP contribution in [0.2, 0.25) is 5.02 Å². The Bertz CT molecular complexity index is 820. The lowest BCUT2D eigenvalue weighted by Gasteiger charge is -2.13. The van der Waals surface area contributed by atoms with Gasteiger partial charge in [-0.25, -0.2) is 13.6 Å². The largest absolute Gasteiger partial charge is 0.492 e. The molecule has 0 atom stereocenters. The zero-order valence-electron chi connectivity index (χ0n) is 12.2. The average Bonchev–Trinajstić information content (AvgIpc) is 2.48. The van der Waals surface area contributed by atoms with Crippen LogP contribution in [0, 0.1) is 0 Å². The Kier molecular flexibility index (Phi) is 5.25. The van der Waals surface area contributed by atoms with Gasteiger partial charge in [0.1, 0.15) is 5.75 Å². The second-order valence-corrected chi connectivity index (χ2v) is 6.59. The smallest absolute Gasteiger partial charge is 0.255 e. The molecule has 23 heavy (non-hydrogen) atoms. The van der Waals surface area contributed by atoms with Gasteiger partial charge in [0.05, 0.1) is 17.2 Å². The summed E-state index contributed by atoms with van der Waals surface area (Å²) >= 11 is 5.78. The van der Waals surface area contributed by atoms with Gasteiger partial charge in [-0.15, -0.1) is 0 Å². The molecule has 122 valence electrons. The van der Waals surface area contributed by atoms with Gasteiger partial charge in [-0.2, -0.15) is 0 Å². The molecule has 0 fully saturated rings. The van der Waals surface area contributed by atoms with Crippen LogP contribution < -0.4 is 15.2 Å². The SMILES string of the molecule is CCOc1ccc(S(N)(=O)=O)cc1NC(=O)c1ccc(Cl)cc1. The summed E-state index contributed by atoms with van der Waals surface area (Å²) < 4.78 is 28.3. The highest BCUT2D eigenvalue weighted by Crippen LogP contribution is 2.28. The number of nitrogens with two attached hydrogens (primary N) is 1. The van der Waals surface area contributed by atoms with E-state index in [4.69, 9.17) is 21.5 Å². The maximum absolute atomic E-state index is 12.3. The molecule has 0 radical (unpaired) electrons. The second kappa shape index (κ2) is 6.99. The van der Waals surface area contributed by atoms with Gasteiger partial charge < -0.3 is 10.1 Å². The molecular formula is C15H15ClN2O4S. The molecular weight excluding hydrogens is 340 g/mol. The number of ether oxygens (including phenoxy) is 1. The molecule has 3 N–H and O–H groups in total. The molecule has 0 spiro atoms. The van der Waals surface area contributed by atoms with Gasteiger partial charge in [0.2, 0.25) is 10.0 Å². The third-order valence-corrected chi connectivity index (χ3v) is 4.10. The maximum atomic E-state index is 12.3. The van der Waals surface area contributed by atoms with Crippen LogP contribution >= 0.6 is 11.6 Å². The van der Waals surface area contributed by atoms with Gasteiger partial charge in [0, 0.05) is 10.6 Å². The van der Waals surface area contributed by atoms with E-state index in [-0.39, 0.29) is 10.6 Å². The second-order valence-electron chi connectivity index (χ2n) is 4.60. The van der Waals surface area contributed by atoms with E-state index in [1.54, 1.807) is 31.2 Å². The highest BCUT2D eigenvalue weighted by Gasteiger charge is 2.15. The first kappa shape index (κ1) is 17.3. The fourth-order valence-corrected chi connectivity index (χ4v) is 2.53. The lowest BCUT2D eigenvalue weighted by Crippen LogP contribution is -2.15. The number of anilines is 1. The molecule has 6 nitrogen and oxygen atoms in total. The number of hydrogen-bond donors (Lipinski definition) is 2. The van der Waals surface area contributed by atoms with Crippen molar-refractivity contribution in [3.05, 3.63) is 53.1 Å². The predicted molar refractivity (Wildman–Crippen MR) is 88.4 cm³/mol. The number of sulfonamides is 1. The molecule has 0 heterocycles. The van der Waals surface area contributed by atoms with Crippen LogP contribution in [0.3, 0.4) is 0 Å². The summed E-state index contributed by atoms with van der Waals surface area (Å²) in [6.45, 7) is 2.14. The summed E-state index contributed by atoms with van der Waals surface area (Å²) in [6.07, 6.45) is 0. The number of benzene rings is 2. The van der Waals surface area contributed by atoms with Crippen molar-refractivity contribution < 1.29 is 17.9 Å². The van der Waals surface area contributed by atoms with Crippen molar-refractivity contribution in [3.8, 4) is 5.75 Å². The Morgan fingerprint density at radius 1 is 1.22 bits per heavy atom. The van der Waals surface area contributed by atoms with Crippen molar-refractivity contribution in [3.63, 3.8) is 0 Å². The summed E-state index contributed by atoms with van der Waals surface area (Å²) in [5.74, 6) is -0.0728. The van der Waals surface area contributed by atoms with E-state index in [0.717, 1.165) is 0 Å². The van der Waals surface area contributed by atoms with E-state index in [0.29, 0.717) is 22.9 Å². The van der Waals surface area contributed by atoms with Gasteiger partial charge in [-0.1, -0.05) is 11.6 Å². The zero-order chi connectivity index (χ0) is 17.0. The van der Waals surface area contributed by atoms with Crippen LogP contribution in [0.15, 0.2) is 47.4 Å². The first-order chi connectivity index (χ1) is 10.8. The molecule has 0 aromatic heterocycles. The van der Waals surface area contributed by atoms with E-state index >= 15 is 0 Å². The fourth-order valence-electron chi connectivity index (χ4n) is 1.86.